The second-order valence-corrected chi connectivity index (χ2v) is 9.63. The van der Waals surface area contributed by atoms with E-state index in [0.29, 0.717) is 45.4 Å². The maximum absolute atomic E-state index is 13.1. The van der Waals surface area contributed by atoms with Crippen LogP contribution in [-0.2, 0) is 24.3 Å². The Balaban J connectivity index is 1.61. The first kappa shape index (κ1) is 23.2. The van der Waals surface area contributed by atoms with Crippen molar-refractivity contribution >= 4 is 27.8 Å². The Morgan fingerprint density at radius 2 is 1.55 bits per heavy atom. The van der Waals surface area contributed by atoms with E-state index in [2.05, 4.69) is 0 Å². The van der Waals surface area contributed by atoms with Crippen LogP contribution < -0.4 is 0 Å². The molecule has 2 saturated heterocycles. The number of methoxy groups -OCH3 is 1. The molecule has 0 radical (unpaired) electrons. The summed E-state index contributed by atoms with van der Waals surface area (Å²) in [7, 11) is -2.67. The normalized spacial score (nSPS) is 18.6. The van der Waals surface area contributed by atoms with E-state index in [0.717, 1.165) is 0 Å². The van der Waals surface area contributed by atoms with Crippen molar-refractivity contribution in [2.45, 2.75) is 31.1 Å². The predicted octanol–water partition coefficient (Wildman–Crippen LogP) is 0.955. The number of sulfonamides is 1. The Kier molecular flexibility index (Phi) is 7.32. The third-order valence-electron chi connectivity index (χ3n) is 5.96. The molecule has 2 aliphatic heterocycles. The molecule has 0 bridgehead atoms. The van der Waals surface area contributed by atoms with Gasteiger partial charge in [-0.1, -0.05) is 19.1 Å². The highest BCUT2D eigenvalue weighted by atomic mass is 32.2. The monoisotopic (exact) mass is 451 g/mol. The number of carbonyl (C=O) groups excluding carboxylic acids is 3. The summed E-state index contributed by atoms with van der Waals surface area (Å²) in [6, 6.07) is 5.98. The number of carbonyl (C=O) groups is 3. The first-order valence-electron chi connectivity index (χ1n) is 10.5. The summed E-state index contributed by atoms with van der Waals surface area (Å²) >= 11 is 0. The molecule has 0 aromatic heterocycles. The molecule has 0 N–H and O–H groups in total. The van der Waals surface area contributed by atoms with Crippen LogP contribution in [0.25, 0.3) is 0 Å². The standard InChI is InChI=1S/C21H29N3O6S/c1-3-19(25)22-12-14-23(15-13-22)20(26)16-8-10-24(11-9-16)31(28,29)18-7-5-4-6-17(18)21(27)30-2/h4-7,16H,3,8-15H2,1-2H3. The summed E-state index contributed by atoms with van der Waals surface area (Å²) < 4.78 is 32.3. The SMILES string of the molecule is CCC(=O)N1CCN(C(=O)C2CCN(S(=O)(=O)c3ccccc3C(=O)OC)CC2)CC1. The molecule has 0 unspecified atom stereocenters. The minimum atomic E-state index is -3.88. The van der Waals surface area contributed by atoms with Crippen molar-refractivity contribution in [3.05, 3.63) is 29.8 Å². The number of hydrogen-bond acceptors (Lipinski definition) is 6. The van der Waals surface area contributed by atoms with Gasteiger partial charge >= 0.3 is 5.97 Å². The van der Waals surface area contributed by atoms with Crippen LogP contribution in [0.15, 0.2) is 29.2 Å². The molecule has 2 heterocycles. The molecule has 3 rings (SSSR count). The average Bonchev–Trinajstić information content (AvgIpc) is 2.82. The van der Waals surface area contributed by atoms with Crippen molar-refractivity contribution < 1.29 is 27.5 Å². The van der Waals surface area contributed by atoms with Gasteiger partial charge in [-0.15, -0.1) is 0 Å². The fourth-order valence-corrected chi connectivity index (χ4v) is 5.76. The summed E-state index contributed by atoms with van der Waals surface area (Å²) in [5, 5.41) is 0. The Bertz CT molecular complexity index is 932. The quantitative estimate of drug-likeness (QED) is 0.618. The van der Waals surface area contributed by atoms with Crippen LogP contribution in [0.2, 0.25) is 0 Å². The molecule has 0 aliphatic carbocycles. The Morgan fingerprint density at radius 1 is 0.968 bits per heavy atom. The molecule has 0 atom stereocenters. The molecule has 2 aliphatic rings. The van der Waals surface area contributed by atoms with Crippen molar-refractivity contribution in [2.75, 3.05) is 46.4 Å². The number of benzene rings is 1. The third-order valence-corrected chi connectivity index (χ3v) is 7.92. The fraction of sp³-hybridized carbons (Fsp3) is 0.571. The lowest BCUT2D eigenvalue weighted by Crippen LogP contribution is -2.53. The predicted molar refractivity (Wildman–Crippen MR) is 113 cm³/mol. The number of esters is 1. The van der Waals surface area contributed by atoms with E-state index >= 15 is 0 Å². The summed E-state index contributed by atoms with van der Waals surface area (Å²) in [5.41, 5.74) is 0.00250. The van der Waals surface area contributed by atoms with Gasteiger partial charge in [-0.25, -0.2) is 13.2 Å². The Hall–Kier alpha value is -2.46. The van der Waals surface area contributed by atoms with Crippen LogP contribution in [0, 0.1) is 5.92 Å². The zero-order valence-electron chi connectivity index (χ0n) is 18.0. The summed E-state index contributed by atoms with van der Waals surface area (Å²) in [4.78, 5) is 40.2. The second-order valence-electron chi connectivity index (χ2n) is 7.73. The van der Waals surface area contributed by atoms with Crippen LogP contribution in [0.1, 0.15) is 36.5 Å². The summed E-state index contributed by atoms with van der Waals surface area (Å²) in [6.07, 6.45) is 1.30. The van der Waals surface area contributed by atoms with Crippen LogP contribution in [-0.4, -0.2) is 86.7 Å². The van der Waals surface area contributed by atoms with Gasteiger partial charge in [-0.05, 0) is 25.0 Å². The average molecular weight is 452 g/mol. The van der Waals surface area contributed by atoms with Gasteiger partial charge in [-0.3, -0.25) is 9.59 Å². The van der Waals surface area contributed by atoms with Gasteiger partial charge in [0.15, 0.2) is 0 Å². The molecule has 1 aromatic rings. The highest BCUT2D eigenvalue weighted by Crippen LogP contribution is 2.27. The van der Waals surface area contributed by atoms with Crippen LogP contribution >= 0.6 is 0 Å². The zero-order chi connectivity index (χ0) is 22.6. The van der Waals surface area contributed by atoms with Crippen molar-refractivity contribution in [1.29, 1.82) is 0 Å². The number of hydrogen-bond donors (Lipinski definition) is 0. The molecule has 31 heavy (non-hydrogen) atoms. The molecule has 170 valence electrons. The number of piperazine rings is 1. The minimum Gasteiger partial charge on any atom is -0.465 e. The van der Waals surface area contributed by atoms with E-state index in [1.54, 1.807) is 21.9 Å². The number of amides is 2. The van der Waals surface area contributed by atoms with E-state index in [1.165, 1.54) is 23.5 Å². The highest BCUT2D eigenvalue weighted by Gasteiger charge is 2.36. The molecule has 0 saturated carbocycles. The van der Waals surface area contributed by atoms with Crippen LogP contribution in [0.3, 0.4) is 0 Å². The molecule has 1 aromatic carbocycles. The maximum Gasteiger partial charge on any atom is 0.339 e. The van der Waals surface area contributed by atoms with Gasteiger partial charge in [0.25, 0.3) is 0 Å². The van der Waals surface area contributed by atoms with Gasteiger partial charge in [0, 0.05) is 51.6 Å². The minimum absolute atomic E-state index is 0.00250. The van der Waals surface area contributed by atoms with Gasteiger partial charge < -0.3 is 14.5 Å². The number of piperidine rings is 1. The first-order chi connectivity index (χ1) is 14.8. The summed E-state index contributed by atoms with van der Waals surface area (Å²) in [5.74, 6) is -0.825. The first-order valence-corrected chi connectivity index (χ1v) is 12.0. The third kappa shape index (κ3) is 4.90. The fourth-order valence-electron chi connectivity index (χ4n) is 4.11. The molecule has 0 spiro atoms. The van der Waals surface area contributed by atoms with Crippen molar-refractivity contribution in [3.63, 3.8) is 0 Å². The highest BCUT2D eigenvalue weighted by molar-refractivity contribution is 7.89. The molecule has 2 fully saturated rings. The molecular formula is C21H29N3O6S. The number of rotatable bonds is 5. The van der Waals surface area contributed by atoms with E-state index in [-0.39, 0.29) is 41.3 Å². The number of nitrogens with zero attached hydrogens (tertiary/aromatic N) is 3. The Labute approximate surface area is 183 Å². The molecule has 10 heteroatoms. The topological polar surface area (TPSA) is 104 Å². The van der Waals surface area contributed by atoms with Crippen molar-refractivity contribution in [2.24, 2.45) is 5.92 Å². The maximum atomic E-state index is 13.1. The molecule has 2 amide bonds. The smallest absolute Gasteiger partial charge is 0.339 e. The molecular weight excluding hydrogens is 422 g/mol. The summed E-state index contributed by atoms with van der Waals surface area (Å²) in [6.45, 7) is 4.34. The van der Waals surface area contributed by atoms with Crippen LogP contribution in [0.4, 0.5) is 0 Å². The van der Waals surface area contributed by atoms with E-state index < -0.39 is 16.0 Å². The lowest BCUT2D eigenvalue weighted by Gasteiger charge is -2.38. The van der Waals surface area contributed by atoms with Crippen LogP contribution in [0.5, 0.6) is 0 Å². The largest absolute Gasteiger partial charge is 0.465 e. The van der Waals surface area contributed by atoms with Gasteiger partial charge in [-0.2, -0.15) is 4.31 Å². The van der Waals surface area contributed by atoms with Gasteiger partial charge in [0.05, 0.1) is 17.6 Å². The molecule has 9 nitrogen and oxygen atoms in total. The van der Waals surface area contributed by atoms with Crippen molar-refractivity contribution in [3.8, 4) is 0 Å². The van der Waals surface area contributed by atoms with E-state index in [9.17, 15) is 22.8 Å². The lowest BCUT2D eigenvalue weighted by atomic mass is 9.96. The lowest BCUT2D eigenvalue weighted by molar-refractivity contribution is -0.142. The second kappa shape index (κ2) is 9.78. The van der Waals surface area contributed by atoms with Gasteiger partial charge in [0.2, 0.25) is 21.8 Å². The van der Waals surface area contributed by atoms with E-state index in [4.69, 9.17) is 4.74 Å². The zero-order valence-corrected chi connectivity index (χ0v) is 18.8. The van der Waals surface area contributed by atoms with E-state index in [1.807, 2.05) is 6.92 Å². The Morgan fingerprint density at radius 3 is 2.13 bits per heavy atom. The van der Waals surface area contributed by atoms with Gasteiger partial charge in [0.1, 0.15) is 0 Å². The van der Waals surface area contributed by atoms with Crippen molar-refractivity contribution in [1.82, 2.24) is 14.1 Å². The number of ether oxygens (including phenoxy) is 1.